The van der Waals surface area contributed by atoms with E-state index in [4.69, 9.17) is 5.26 Å². The van der Waals surface area contributed by atoms with E-state index in [9.17, 15) is 0 Å². The fourth-order valence-electron chi connectivity index (χ4n) is 2.02. The largest absolute Gasteiger partial charge is 0.382 e. The standard InChI is InChI=1S/C12H14N2/c1-8(7-13)11-5-3-4-10-6-9(2)14-12(10)11/h3-5,8-9,14H,6H2,1-2H3. The number of rotatable bonds is 1. The predicted molar refractivity (Wildman–Crippen MR) is 57.3 cm³/mol. The van der Waals surface area contributed by atoms with Crippen LogP contribution in [-0.4, -0.2) is 6.04 Å². The van der Waals surface area contributed by atoms with Crippen LogP contribution in [0.3, 0.4) is 0 Å². The average Bonchev–Trinajstić information content (AvgIpc) is 2.56. The molecule has 1 aliphatic heterocycles. The topological polar surface area (TPSA) is 35.8 Å². The van der Waals surface area contributed by atoms with Crippen molar-refractivity contribution in [3.63, 3.8) is 0 Å². The first-order valence-electron chi connectivity index (χ1n) is 5.00. The Balaban J connectivity index is 2.45. The molecule has 0 fully saturated rings. The van der Waals surface area contributed by atoms with Crippen molar-refractivity contribution in [2.75, 3.05) is 5.32 Å². The summed E-state index contributed by atoms with van der Waals surface area (Å²) in [7, 11) is 0. The molecule has 2 unspecified atom stereocenters. The lowest BCUT2D eigenvalue weighted by Gasteiger charge is -2.10. The fourth-order valence-corrected chi connectivity index (χ4v) is 2.02. The second kappa shape index (κ2) is 3.34. The van der Waals surface area contributed by atoms with Crippen LogP contribution in [0.4, 0.5) is 5.69 Å². The van der Waals surface area contributed by atoms with E-state index in [1.54, 1.807) is 0 Å². The van der Waals surface area contributed by atoms with Gasteiger partial charge in [0.25, 0.3) is 0 Å². The Bertz CT molecular complexity index is 390. The number of nitrogens with zero attached hydrogens (tertiary/aromatic N) is 1. The van der Waals surface area contributed by atoms with Gasteiger partial charge in [-0.05, 0) is 31.4 Å². The highest BCUT2D eigenvalue weighted by Gasteiger charge is 2.21. The lowest BCUT2D eigenvalue weighted by Crippen LogP contribution is -2.09. The Labute approximate surface area is 84.6 Å². The van der Waals surface area contributed by atoms with Crippen molar-refractivity contribution in [1.29, 1.82) is 5.26 Å². The molecule has 0 saturated heterocycles. The van der Waals surface area contributed by atoms with Crippen molar-refractivity contribution in [2.45, 2.75) is 32.2 Å². The van der Waals surface area contributed by atoms with E-state index in [-0.39, 0.29) is 5.92 Å². The van der Waals surface area contributed by atoms with Crippen molar-refractivity contribution in [2.24, 2.45) is 0 Å². The molecule has 1 aliphatic rings. The number of fused-ring (bicyclic) bond motifs is 1. The van der Waals surface area contributed by atoms with Crippen LogP contribution in [0.5, 0.6) is 0 Å². The van der Waals surface area contributed by atoms with Gasteiger partial charge in [-0.2, -0.15) is 5.26 Å². The van der Waals surface area contributed by atoms with Gasteiger partial charge in [0.15, 0.2) is 0 Å². The Hall–Kier alpha value is -1.49. The van der Waals surface area contributed by atoms with E-state index in [2.05, 4.69) is 24.4 Å². The third kappa shape index (κ3) is 1.35. The molecular weight excluding hydrogens is 172 g/mol. The van der Waals surface area contributed by atoms with Crippen molar-refractivity contribution < 1.29 is 0 Å². The Morgan fingerprint density at radius 2 is 2.36 bits per heavy atom. The minimum absolute atomic E-state index is 0.0252. The molecule has 0 aromatic heterocycles. The third-order valence-electron chi connectivity index (χ3n) is 2.76. The maximum atomic E-state index is 8.91. The number of benzene rings is 1. The molecule has 1 aromatic carbocycles. The molecule has 72 valence electrons. The highest BCUT2D eigenvalue weighted by atomic mass is 14.9. The SMILES string of the molecule is CC1Cc2cccc(C(C)C#N)c2N1. The van der Waals surface area contributed by atoms with E-state index >= 15 is 0 Å². The Kier molecular flexibility index (Phi) is 2.17. The first-order valence-corrected chi connectivity index (χ1v) is 5.00. The van der Waals surface area contributed by atoms with Crippen molar-refractivity contribution in [1.82, 2.24) is 0 Å². The van der Waals surface area contributed by atoms with Gasteiger partial charge in [-0.1, -0.05) is 18.2 Å². The van der Waals surface area contributed by atoms with Crippen LogP contribution in [-0.2, 0) is 6.42 Å². The zero-order chi connectivity index (χ0) is 10.1. The molecule has 0 saturated carbocycles. The number of hydrogen-bond donors (Lipinski definition) is 1. The zero-order valence-corrected chi connectivity index (χ0v) is 8.54. The minimum Gasteiger partial charge on any atom is -0.382 e. The number of para-hydroxylation sites is 1. The van der Waals surface area contributed by atoms with Crippen molar-refractivity contribution in [3.05, 3.63) is 29.3 Å². The summed E-state index contributed by atoms with van der Waals surface area (Å²) >= 11 is 0. The van der Waals surface area contributed by atoms with E-state index < -0.39 is 0 Å². The van der Waals surface area contributed by atoms with Gasteiger partial charge >= 0.3 is 0 Å². The van der Waals surface area contributed by atoms with Gasteiger partial charge < -0.3 is 5.32 Å². The second-order valence-corrected chi connectivity index (χ2v) is 3.98. The molecule has 1 aromatic rings. The van der Waals surface area contributed by atoms with Gasteiger partial charge in [-0.25, -0.2) is 0 Å². The average molecular weight is 186 g/mol. The first kappa shape index (κ1) is 9.08. The van der Waals surface area contributed by atoms with E-state index in [1.165, 1.54) is 11.3 Å². The van der Waals surface area contributed by atoms with Crippen LogP contribution in [0.1, 0.15) is 30.9 Å². The number of anilines is 1. The molecule has 2 nitrogen and oxygen atoms in total. The highest BCUT2D eigenvalue weighted by molar-refractivity contribution is 5.63. The van der Waals surface area contributed by atoms with E-state index in [0.29, 0.717) is 6.04 Å². The lowest BCUT2D eigenvalue weighted by molar-refractivity contribution is 0.838. The van der Waals surface area contributed by atoms with Crippen LogP contribution in [0.25, 0.3) is 0 Å². The van der Waals surface area contributed by atoms with Crippen LogP contribution in [0, 0.1) is 11.3 Å². The molecule has 0 bridgehead atoms. The quantitative estimate of drug-likeness (QED) is 0.732. The Morgan fingerprint density at radius 3 is 3.07 bits per heavy atom. The van der Waals surface area contributed by atoms with Crippen LogP contribution in [0.15, 0.2) is 18.2 Å². The summed E-state index contributed by atoms with van der Waals surface area (Å²) in [5.74, 6) is -0.0252. The number of hydrogen-bond acceptors (Lipinski definition) is 2. The molecule has 0 spiro atoms. The maximum absolute atomic E-state index is 8.91. The van der Waals surface area contributed by atoms with Crippen molar-refractivity contribution in [3.8, 4) is 6.07 Å². The molecule has 1 heterocycles. The van der Waals surface area contributed by atoms with Crippen LogP contribution < -0.4 is 5.32 Å². The molecule has 0 aliphatic carbocycles. The van der Waals surface area contributed by atoms with Gasteiger partial charge in [-0.3, -0.25) is 0 Å². The van der Waals surface area contributed by atoms with Crippen LogP contribution in [0.2, 0.25) is 0 Å². The Morgan fingerprint density at radius 1 is 1.57 bits per heavy atom. The summed E-state index contributed by atoms with van der Waals surface area (Å²) in [6, 6.07) is 9.00. The molecule has 1 N–H and O–H groups in total. The second-order valence-electron chi connectivity index (χ2n) is 3.98. The smallest absolute Gasteiger partial charge is 0.0704 e. The number of nitriles is 1. The predicted octanol–water partition coefficient (Wildman–Crippen LogP) is 2.67. The normalized spacial score (nSPS) is 20.8. The van der Waals surface area contributed by atoms with E-state index in [0.717, 1.165) is 12.0 Å². The van der Waals surface area contributed by atoms with Gasteiger partial charge in [-0.15, -0.1) is 0 Å². The van der Waals surface area contributed by atoms with Gasteiger partial charge in [0.1, 0.15) is 0 Å². The molecule has 0 radical (unpaired) electrons. The molecule has 2 rings (SSSR count). The summed E-state index contributed by atoms with van der Waals surface area (Å²) in [6.07, 6.45) is 1.07. The molecular formula is C12H14N2. The highest BCUT2D eigenvalue weighted by Crippen LogP contribution is 2.33. The lowest BCUT2D eigenvalue weighted by atomic mass is 9.98. The third-order valence-corrected chi connectivity index (χ3v) is 2.76. The monoisotopic (exact) mass is 186 g/mol. The zero-order valence-electron chi connectivity index (χ0n) is 8.54. The van der Waals surface area contributed by atoms with Crippen LogP contribution >= 0.6 is 0 Å². The first-order chi connectivity index (χ1) is 6.72. The summed E-state index contributed by atoms with van der Waals surface area (Å²) in [5.41, 5.74) is 3.67. The van der Waals surface area contributed by atoms with Gasteiger partial charge in [0.2, 0.25) is 0 Å². The molecule has 2 atom stereocenters. The summed E-state index contributed by atoms with van der Waals surface area (Å²) in [4.78, 5) is 0. The summed E-state index contributed by atoms with van der Waals surface area (Å²) in [5, 5.41) is 12.3. The van der Waals surface area contributed by atoms with E-state index in [1.807, 2.05) is 19.1 Å². The molecule has 14 heavy (non-hydrogen) atoms. The summed E-state index contributed by atoms with van der Waals surface area (Å²) in [6.45, 7) is 4.11. The van der Waals surface area contributed by atoms with Gasteiger partial charge in [0, 0.05) is 11.7 Å². The number of nitrogens with one attached hydrogen (secondary N) is 1. The molecule has 0 amide bonds. The van der Waals surface area contributed by atoms with Gasteiger partial charge in [0.05, 0.1) is 12.0 Å². The minimum atomic E-state index is -0.0252. The maximum Gasteiger partial charge on any atom is 0.0704 e. The summed E-state index contributed by atoms with van der Waals surface area (Å²) < 4.78 is 0. The van der Waals surface area contributed by atoms with Crippen molar-refractivity contribution >= 4 is 5.69 Å². The fraction of sp³-hybridized carbons (Fsp3) is 0.417. The molecule has 2 heteroatoms.